The Morgan fingerprint density at radius 3 is 2.39 bits per heavy atom. The molecule has 8 heteroatoms. The van der Waals surface area contributed by atoms with E-state index in [4.69, 9.17) is 13.6 Å². The number of hydrogen-bond donors (Lipinski definition) is 2. The Labute approximate surface area is 189 Å². The van der Waals surface area contributed by atoms with E-state index in [9.17, 15) is 14.4 Å². The average molecular weight is 446 g/mol. The third-order valence-corrected chi connectivity index (χ3v) is 5.27. The fourth-order valence-electron chi connectivity index (χ4n) is 3.49. The van der Waals surface area contributed by atoms with Gasteiger partial charge in [0, 0.05) is 34.8 Å². The summed E-state index contributed by atoms with van der Waals surface area (Å²) in [5.74, 6) is 0.208. The second kappa shape index (κ2) is 9.44. The summed E-state index contributed by atoms with van der Waals surface area (Å²) in [6.45, 7) is 1.84. The lowest BCUT2D eigenvalue weighted by molar-refractivity contribution is -0.116. The first-order valence-corrected chi connectivity index (χ1v) is 10.3. The normalized spacial score (nSPS) is 10.7. The predicted octanol–water partition coefficient (Wildman–Crippen LogP) is 4.53. The van der Waals surface area contributed by atoms with E-state index in [-0.39, 0.29) is 30.4 Å². The van der Waals surface area contributed by atoms with Gasteiger partial charge in [-0.3, -0.25) is 9.59 Å². The second-order valence-corrected chi connectivity index (χ2v) is 7.41. The van der Waals surface area contributed by atoms with Crippen molar-refractivity contribution < 1.29 is 23.2 Å². The molecule has 0 aliphatic carbocycles. The number of amides is 2. The molecule has 2 amide bonds. The topological polar surface area (TPSA) is 111 Å². The summed E-state index contributed by atoms with van der Waals surface area (Å²) >= 11 is 0. The highest BCUT2D eigenvalue weighted by atomic mass is 16.5. The van der Waals surface area contributed by atoms with Gasteiger partial charge in [0.25, 0.3) is 5.91 Å². The maximum atomic E-state index is 12.5. The minimum absolute atomic E-state index is 0.115. The largest absolute Gasteiger partial charge is 0.497 e. The molecule has 0 spiro atoms. The SMILES string of the molecule is COc1ccc2c(C)c(CCC(=O)Nc3ccc(NC(=O)c4ccco4)cc3)c(=O)oc2c1. The first-order valence-electron chi connectivity index (χ1n) is 10.3. The van der Waals surface area contributed by atoms with E-state index in [1.54, 1.807) is 55.6 Å². The highest BCUT2D eigenvalue weighted by Gasteiger charge is 2.14. The summed E-state index contributed by atoms with van der Waals surface area (Å²) < 4.78 is 15.7. The Balaban J connectivity index is 1.38. The van der Waals surface area contributed by atoms with Gasteiger partial charge < -0.3 is 24.2 Å². The number of carbonyl (C=O) groups is 2. The van der Waals surface area contributed by atoms with Crippen LogP contribution < -0.4 is 21.0 Å². The van der Waals surface area contributed by atoms with Crippen molar-refractivity contribution in [1.29, 1.82) is 0 Å². The van der Waals surface area contributed by atoms with Gasteiger partial charge in [-0.15, -0.1) is 0 Å². The summed E-state index contributed by atoms with van der Waals surface area (Å²) in [5.41, 5.74) is 2.38. The van der Waals surface area contributed by atoms with Gasteiger partial charge in [0.05, 0.1) is 13.4 Å². The van der Waals surface area contributed by atoms with Crippen molar-refractivity contribution in [2.75, 3.05) is 17.7 Å². The lowest BCUT2D eigenvalue weighted by Gasteiger charge is -2.10. The fraction of sp³-hybridized carbons (Fsp3) is 0.160. The molecular weight excluding hydrogens is 424 g/mol. The monoisotopic (exact) mass is 446 g/mol. The van der Waals surface area contributed by atoms with E-state index in [1.165, 1.54) is 6.26 Å². The van der Waals surface area contributed by atoms with Crippen molar-refractivity contribution in [2.45, 2.75) is 19.8 Å². The molecule has 2 aromatic heterocycles. The molecule has 0 atom stereocenters. The minimum Gasteiger partial charge on any atom is -0.497 e. The van der Waals surface area contributed by atoms with Crippen molar-refractivity contribution in [2.24, 2.45) is 0 Å². The van der Waals surface area contributed by atoms with Gasteiger partial charge in [0.1, 0.15) is 11.3 Å². The first-order chi connectivity index (χ1) is 15.9. The zero-order valence-corrected chi connectivity index (χ0v) is 18.1. The molecule has 2 aromatic carbocycles. The number of aryl methyl sites for hydroxylation is 1. The van der Waals surface area contributed by atoms with E-state index < -0.39 is 5.63 Å². The summed E-state index contributed by atoms with van der Waals surface area (Å²) in [6.07, 6.45) is 1.79. The standard InChI is InChI=1S/C25H22N2O6/c1-15-19-10-9-18(31-2)14-22(19)33-25(30)20(15)11-12-23(28)26-16-5-7-17(8-6-16)27-24(29)21-4-3-13-32-21/h3-10,13-14H,11-12H2,1-2H3,(H,26,28)(H,27,29). The number of fused-ring (bicyclic) bond motifs is 1. The van der Waals surface area contributed by atoms with Crippen LogP contribution in [0.4, 0.5) is 11.4 Å². The third kappa shape index (κ3) is 4.95. The van der Waals surface area contributed by atoms with Crippen molar-refractivity contribution in [3.8, 4) is 5.75 Å². The number of ether oxygens (including phenoxy) is 1. The van der Waals surface area contributed by atoms with Gasteiger partial charge in [-0.25, -0.2) is 4.79 Å². The van der Waals surface area contributed by atoms with E-state index in [0.717, 1.165) is 10.9 Å². The van der Waals surface area contributed by atoms with Gasteiger partial charge in [-0.2, -0.15) is 0 Å². The highest BCUT2D eigenvalue weighted by molar-refractivity contribution is 6.02. The second-order valence-electron chi connectivity index (χ2n) is 7.41. The Kier molecular flexibility index (Phi) is 6.26. The molecule has 2 N–H and O–H groups in total. The number of rotatable bonds is 7. The molecule has 0 aliphatic rings. The Morgan fingerprint density at radius 1 is 1.00 bits per heavy atom. The number of hydrogen-bond acceptors (Lipinski definition) is 6. The number of benzene rings is 2. The predicted molar refractivity (Wildman–Crippen MR) is 124 cm³/mol. The molecule has 4 aromatic rings. The molecule has 4 rings (SSSR count). The summed E-state index contributed by atoms with van der Waals surface area (Å²) in [6, 6.07) is 15.2. The molecule has 0 fully saturated rings. The van der Waals surface area contributed by atoms with Crippen LogP contribution in [0.2, 0.25) is 0 Å². The Hall–Kier alpha value is -4.33. The molecule has 0 saturated carbocycles. The lowest BCUT2D eigenvalue weighted by Crippen LogP contribution is -2.16. The maximum absolute atomic E-state index is 12.5. The van der Waals surface area contributed by atoms with E-state index in [2.05, 4.69) is 10.6 Å². The molecule has 0 unspecified atom stereocenters. The molecule has 168 valence electrons. The molecule has 0 aliphatic heterocycles. The molecular formula is C25H22N2O6. The highest BCUT2D eigenvalue weighted by Crippen LogP contribution is 2.24. The number of nitrogens with one attached hydrogen (secondary N) is 2. The molecule has 0 radical (unpaired) electrons. The molecule has 33 heavy (non-hydrogen) atoms. The van der Waals surface area contributed by atoms with Crippen LogP contribution in [0.15, 0.2) is 74.5 Å². The van der Waals surface area contributed by atoms with Crippen LogP contribution in [0.3, 0.4) is 0 Å². The van der Waals surface area contributed by atoms with Crippen LogP contribution >= 0.6 is 0 Å². The van der Waals surface area contributed by atoms with Crippen molar-refractivity contribution >= 4 is 34.2 Å². The number of carbonyl (C=O) groups excluding carboxylic acids is 2. The zero-order valence-electron chi connectivity index (χ0n) is 18.1. The summed E-state index contributed by atoms with van der Waals surface area (Å²) in [7, 11) is 1.55. The van der Waals surface area contributed by atoms with Crippen molar-refractivity contribution in [1.82, 2.24) is 0 Å². The zero-order chi connectivity index (χ0) is 23.4. The Morgan fingerprint density at radius 2 is 1.73 bits per heavy atom. The van der Waals surface area contributed by atoms with Crippen LogP contribution in [-0.2, 0) is 11.2 Å². The van der Waals surface area contributed by atoms with E-state index in [0.29, 0.717) is 28.3 Å². The van der Waals surface area contributed by atoms with Crippen LogP contribution in [0.5, 0.6) is 5.75 Å². The number of methoxy groups -OCH3 is 1. The van der Waals surface area contributed by atoms with Gasteiger partial charge in [0.15, 0.2) is 5.76 Å². The van der Waals surface area contributed by atoms with Crippen LogP contribution in [-0.4, -0.2) is 18.9 Å². The van der Waals surface area contributed by atoms with Gasteiger partial charge >= 0.3 is 5.63 Å². The number of furan rings is 1. The summed E-state index contributed by atoms with van der Waals surface area (Å²) in [4.78, 5) is 36.9. The van der Waals surface area contributed by atoms with Crippen LogP contribution in [0.1, 0.15) is 28.1 Å². The fourth-order valence-corrected chi connectivity index (χ4v) is 3.49. The average Bonchev–Trinajstić information content (AvgIpc) is 3.35. The lowest BCUT2D eigenvalue weighted by atomic mass is 10.0. The van der Waals surface area contributed by atoms with Crippen LogP contribution in [0.25, 0.3) is 11.0 Å². The van der Waals surface area contributed by atoms with E-state index in [1.807, 2.05) is 13.0 Å². The molecule has 8 nitrogen and oxygen atoms in total. The van der Waals surface area contributed by atoms with Crippen molar-refractivity contribution in [3.63, 3.8) is 0 Å². The quantitative estimate of drug-likeness (QED) is 0.404. The Bertz CT molecular complexity index is 1350. The smallest absolute Gasteiger partial charge is 0.339 e. The first kappa shape index (κ1) is 21.9. The van der Waals surface area contributed by atoms with Crippen molar-refractivity contribution in [3.05, 3.63) is 88.2 Å². The molecule has 0 saturated heterocycles. The van der Waals surface area contributed by atoms with Gasteiger partial charge in [0.2, 0.25) is 5.91 Å². The minimum atomic E-state index is -0.460. The number of anilines is 2. The van der Waals surface area contributed by atoms with Crippen LogP contribution in [0, 0.1) is 6.92 Å². The summed E-state index contributed by atoms with van der Waals surface area (Å²) in [5, 5.41) is 6.30. The van der Waals surface area contributed by atoms with E-state index >= 15 is 0 Å². The third-order valence-electron chi connectivity index (χ3n) is 5.27. The molecule has 2 heterocycles. The van der Waals surface area contributed by atoms with Gasteiger partial charge in [-0.05, 0) is 67.4 Å². The molecule has 0 bridgehead atoms. The van der Waals surface area contributed by atoms with Gasteiger partial charge in [-0.1, -0.05) is 0 Å². The maximum Gasteiger partial charge on any atom is 0.339 e.